The van der Waals surface area contributed by atoms with Crippen molar-refractivity contribution in [3.05, 3.63) is 80.6 Å². The van der Waals surface area contributed by atoms with Crippen LogP contribution in [0.5, 0.6) is 0 Å². The molecule has 0 spiro atoms. The summed E-state index contributed by atoms with van der Waals surface area (Å²) in [5.74, 6) is -0.939. The fourth-order valence-electron chi connectivity index (χ4n) is 3.75. The van der Waals surface area contributed by atoms with Crippen LogP contribution in [0.25, 0.3) is 0 Å². The number of rotatable bonds is 6. The molecule has 2 N–H and O–H groups in total. The molecule has 3 aromatic rings. The molecule has 0 saturated heterocycles. The first-order valence-corrected chi connectivity index (χ1v) is 11.5. The van der Waals surface area contributed by atoms with Crippen molar-refractivity contribution in [2.75, 3.05) is 14.1 Å². The van der Waals surface area contributed by atoms with E-state index in [1.165, 1.54) is 28.6 Å². The monoisotopic (exact) mass is 474 g/mol. The average Bonchev–Trinajstić information content (AvgIpc) is 3.48. The summed E-state index contributed by atoms with van der Waals surface area (Å²) in [5, 5.41) is 16.6. The van der Waals surface area contributed by atoms with E-state index in [9.17, 15) is 14.4 Å². The average molecular weight is 475 g/mol. The van der Waals surface area contributed by atoms with Crippen LogP contribution in [0.2, 0.25) is 0 Å². The van der Waals surface area contributed by atoms with Crippen molar-refractivity contribution in [1.29, 1.82) is 5.26 Å². The van der Waals surface area contributed by atoms with Gasteiger partial charge in [0.05, 0.1) is 22.6 Å². The van der Waals surface area contributed by atoms with Crippen molar-refractivity contribution in [3.63, 3.8) is 0 Å². The lowest BCUT2D eigenvalue weighted by Gasteiger charge is -2.14. The molecule has 0 unspecified atom stereocenters. The van der Waals surface area contributed by atoms with Gasteiger partial charge in [-0.05, 0) is 53.1 Å². The summed E-state index contributed by atoms with van der Waals surface area (Å²) in [4.78, 5) is 47.5. The summed E-state index contributed by atoms with van der Waals surface area (Å²) in [7, 11) is 3.37. The summed E-state index contributed by atoms with van der Waals surface area (Å²) in [5.41, 5.74) is 3.61. The molecule has 3 amide bonds. The van der Waals surface area contributed by atoms with Crippen molar-refractivity contribution in [2.45, 2.75) is 25.4 Å². The van der Waals surface area contributed by atoms with Crippen LogP contribution < -0.4 is 10.6 Å². The molecule has 0 aliphatic heterocycles. The Bertz CT molecular complexity index is 1310. The molecule has 9 nitrogen and oxygen atoms in total. The highest BCUT2D eigenvalue weighted by atomic mass is 32.1. The smallest absolute Gasteiger partial charge is 0.270 e. The van der Waals surface area contributed by atoms with Gasteiger partial charge in [-0.15, -0.1) is 11.3 Å². The summed E-state index contributed by atoms with van der Waals surface area (Å²) < 4.78 is 0. The van der Waals surface area contributed by atoms with Crippen molar-refractivity contribution in [3.8, 4) is 6.07 Å². The highest BCUT2D eigenvalue weighted by molar-refractivity contribution is 7.12. The van der Waals surface area contributed by atoms with Crippen LogP contribution in [0.3, 0.4) is 0 Å². The van der Waals surface area contributed by atoms with Gasteiger partial charge >= 0.3 is 0 Å². The van der Waals surface area contributed by atoms with Crippen LogP contribution in [-0.2, 0) is 13.0 Å². The minimum absolute atomic E-state index is 0.0745. The fourth-order valence-corrected chi connectivity index (χ4v) is 4.68. The normalized spacial score (nSPS) is 14.1. The number of aryl methyl sites for hydroxylation is 1. The minimum atomic E-state index is -0.446. The highest BCUT2D eigenvalue weighted by Gasteiger charge is 2.25. The molecule has 4 rings (SSSR count). The molecule has 1 atom stereocenters. The van der Waals surface area contributed by atoms with Crippen LogP contribution in [0.4, 0.5) is 0 Å². The number of thiophene rings is 1. The molecule has 0 saturated carbocycles. The molecule has 2 heterocycles. The maximum Gasteiger partial charge on any atom is 0.270 e. The molecule has 1 aromatic carbocycles. The van der Waals surface area contributed by atoms with Gasteiger partial charge in [0.15, 0.2) is 0 Å². The predicted molar refractivity (Wildman–Crippen MR) is 125 cm³/mol. The van der Waals surface area contributed by atoms with Gasteiger partial charge in [0.1, 0.15) is 17.7 Å². The molecule has 34 heavy (non-hydrogen) atoms. The summed E-state index contributed by atoms with van der Waals surface area (Å²) in [6.45, 7) is 0.227. The van der Waals surface area contributed by atoms with Crippen LogP contribution in [0.15, 0.2) is 42.0 Å². The Morgan fingerprint density at radius 1 is 1.15 bits per heavy atom. The van der Waals surface area contributed by atoms with E-state index in [-0.39, 0.29) is 29.9 Å². The summed E-state index contributed by atoms with van der Waals surface area (Å²) in [6.07, 6.45) is 2.69. The topological polar surface area (TPSA) is 128 Å². The molecule has 0 radical (unpaired) electrons. The van der Waals surface area contributed by atoms with Gasteiger partial charge in [-0.1, -0.05) is 6.07 Å². The number of hydrogen-bond acceptors (Lipinski definition) is 7. The maximum absolute atomic E-state index is 12.8. The van der Waals surface area contributed by atoms with Gasteiger partial charge in [-0.2, -0.15) is 5.26 Å². The Morgan fingerprint density at radius 2 is 1.91 bits per heavy atom. The van der Waals surface area contributed by atoms with E-state index in [1.54, 1.807) is 26.2 Å². The number of nitriles is 1. The number of carbonyl (C=O) groups excluding carboxylic acids is 3. The van der Waals surface area contributed by atoms with Crippen LogP contribution >= 0.6 is 11.3 Å². The molecule has 0 bridgehead atoms. The second-order valence-electron chi connectivity index (χ2n) is 8.08. The molecular formula is C24H22N6O3S. The zero-order chi connectivity index (χ0) is 24.2. The number of nitrogens with zero attached hydrogens (tertiary/aromatic N) is 4. The molecule has 0 fully saturated rings. The van der Waals surface area contributed by atoms with Gasteiger partial charge in [-0.25, -0.2) is 9.97 Å². The van der Waals surface area contributed by atoms with E-state index in [0.29, 0.717) is 10.4 Å². The number of carbonyl (C=O) groups is 3. The predicted octanol–water partition coefficient (Wildman–Crippen LogP) is 2.46. The maximum atomic E-state index is 12.8. The second kappa shape index (κ2) is 9.80. The van der Waals surface area contributed by atoms with Gasteiger partial charge < -0.3 is 15.5 Å². The van der Waals surface area contributed by atoms with Crippen LogP contribution in [-0.4, -0.2) is 46.7 Å². The zero-order valence-electron chi connectivity index (χ0n) is 18.7. The molecule has 1 aliphatic rings. The Kier molecular flexibility index (Phi) is 6.65. The van der Waals surface area contributed by atoms with Crippen molar-refractivity contribution < 1.29 is 14.4 Å². The fraction of sp³-hybridized carbons (Fsp3) is 0.250. The largest absolute Gasteiger partial charge is 0.347 e. The van der Waals surface area contributed by atoms with E-state index >= 15 is 0 Å². The second-order valence-corrected chi connectivity index (χ2v) is 8.99. The molecule has 1 aliphatic carbocycles. The van der Waals surface area contributed by atoms with Crippen LogP contribution in [0.1, 0.15) is 65.4 Å². The van der Waals surface area contributed by atoms with E-state index in [2.05, 4.69) is 26.7 Å². The number of fused-ring (bicyclic) bond motifs is 1. The first-order chi connectivity index (χ1) is 16.4. The number of aromatic nitrogens is 2. The number of nitrogens with one attached hydrogen (secondary N) is 2. The Morgan fingerprint density at radius 3 is 2.65 bits per heavy atom. The third-order valence-corrected chi connectivity index (χ3v) is 6.48. The quantitative estimate of drug-likeness (QED) is 0.565. The van der Waals surface area contributed by atoms with E-state index in [4.69, 9.17) is 5.26 Å². The third-order valence-electron chi connectivity index (χ3n) is 5.51. The number of benzene rings is 1. The molecule has 2 aromatic heterocycles. The van der Waals surface area contributed by atoms with Gasteiger partial charge in [0.25, 0.3) is 17.7 Å². The molecule has 10 heteroatoms. The van der Waals surface area contributed by atoms with Crippen molar-refractivity contribution >= 4 is 29.1 Å². The number of hydrogen-bond donors (Lipinski definition) is 2. The number of amides is 3. The van der Waals surface area contributed by atoms with E-state index in [0.717, 1.165) is 29.5 Å². The highest BCUT2D eigenvalue weighted by Crippen LogP contribution is 2.31. The Labute approximate surface area is 200 Å². The molecule has 172 valence electrons. The van der Waals surface area contributed by atoms with Gasteiger partial charge in [-0.3, -0.25) is 14.4 Å². The Balaban J connectivity index is 1.38. The molecular weight excluding hydrogens is 452 g/mol. The van der Waals surface area contributed by atoms with Gasteiger partial charge in [0.2, 0.25) is 0 Å². The van der Waals surface area contributed by atoms with E-state index in [1.807, 2.05) is 17.5 Å². The van der Waals surface area contributed by atoms with E-state index < -0.39 is 11.8 Å². The lowest BCUT2D eigenvalue weighted by molar-refractivity contribution is 0.0831. The first kappa shape index (κ1) is 23.1. The van der Waals surface area contributed by atoms with Crippen LogP contribution in [0, 0.1) is 11.3 Å². The standard InChI is InChI=1S/C24H22N6O3S/c1-30(2)24(33)21-8-15(12-34-21)11-26-22(31)19-9-20(28-13-27-19)23(32)29-18-6-4-16-7-14(10-25)3-5-17(16)18/h3,5,7-9,12-13,18H,4,6,11H2,1-2H3,(H,26,31)(H,29,32)/t18-/m1/s1. The lowest BCUT2D eigenvalue weighted by Crippen LogP contribution is -2.29. The third kappa shape index (κ3) is 4.94. The summed E-state index contributed by atoms with van der Waals surface area (Å²) >= 11 is 1.32. The summed E-state index contributed by atoms with van der Waals surface area (Å²) in [6, 6.07) is 10.5. The van der Waals surface area contributed by atoms with Crippen molar-refractivity contribution in [2.24, 2.45) is 0 Å². The minimum Gasteiger partial charge on any atom is -0.347 e. The Hall–Kier alpha value is -4.10. The zero-order valence-corrected chi connectivity index (χ0v) is 19.5. The first-order valence-electron chi connectivity index (χ1n) is 10.6. The van der Waals surface area contributed by atoms with Gasteiger partial charge in [0, 0.05) is 26.7 Å². The lowest BCUT2D eigenvalue weighted by atomic mass is 10.1. The SMILES string of the molecule is CN(C)C(=O)c1cc(CNC(=O)c2cc(C(=O)N[C@@H]3CCc4cc(C#N)ccc43)ncn2)cs1. The van der Waals surface area contributed by atoms with Crippen molar-refractivity contribution in [1.82, 2.24) is 25.5 Å².